The average Bonchev–Trinajstić information content (AvgIpc) is 3.43. The summed E-state index contributed by atoms with van der Waals surface area (Å²) in [5.74, 6) is -1.06. The van der Waals surface area contributed by atoms with Crippen molar-refractivity contribution in [1.82, 2.24) is 4.90 Å². The fraction of sp³-hybridized carbons (Fsp3) is 0.409. The largest absolute Gasteiger partial charge is 0.454 e. The molecule has 1 aliphatic heterocycles. The first kappa shape index (κ1) is 21.0. The molecule has 0 radical (unpaired) electrons. The maximum Gasteiger partial charge on any atom is 0.329 e. The van der Waals surface area contributed by atoms with E-state index in [4.69, 9.17) is 4.74 Å². The summed E-state index contributed by atoms with van der Waals surface area (Å²) < 4.78 is 5.26. The number of amides is 2. The molecule has 7 heteroatoms. The third-order valence-corrected chi connectivity index (χ3v) is 5.98. The number of carbonyl (C=O) groups is 3. The number of hydrogen-bond acceptors (Lipinski definition) is 5. The molecule has 29 heavy (non-hydrogen) atoms. The SMILES string of the molecule is CCc1cccc(CC)c1NC(=O)COC(=O)C1CCCN1C(=O)c1cccs1. The lowest BCUT2D eigenvalue weighted by Gasteiger charge is -2.22. The van der Waals surface area contributed by atoms with Crippen LogP contribution in [-0.2, 0) is 27.2 Å². The number of rotatable bonds is 7. The van der Waals surface area contributed by atoms with Crippen molar-refractivity contribution >= 4 is 34.8 Å². The lowest BCUT2D eigenvalue weighted by Crippen LogP contribution is -2.41. The van der Waals surface area contributed by atoms with Gasteiger partial charge in [-0.05, 0) is 48.3 Å². The highest BCUT2D eigenvalue weighted by atomic mass is 32.1. The highest BCUT2D eigenvalue weighted by molar-refractivity contribution is 7.12. The van der Waals surface area contributed by atoms with Gasteiger partial charge in [0.1, 0.15) is 6.04 Å². The van der Waals surface area contributed by atoms with E-state index in [1.165, 1.54) is 11.3 Å². The van der Waals surface area contributed by atoms with Crippen LogP contribution < -0.4 is 5.32 Å². The molecule has 1 saturated heterocycles. The molecular weight excluding hydrogens is 388 g/mol. The van der Waals surface area contributed by atoms with Gasteiger partial charge in [-0.2, -0.15) is 0 Å². The second-order valence-corrected chi connectivity index (χ2v) is 7.90. The van der Waals surface area contributed by atoms with Crippen molar-refractivity contribution in [1.29, 1.82) is 0 Å². The molecule has 2 amide bonds. The minimum Gasteiger partial charge on any atom is -0.454 e. The lowest BCUT2D eigenvalue weighted by molar-refractivity contribution is -0.151. The average molecular weight is 415 g/mol. The van der Waals surface area contributed by atoms with Gasteiger partial charge in [0.2, 0.25) is 0 Å². The quantitative estimate of drug-likeness (QED) is 0.702. The summed E-state index contributed by atoms with van der Waals surface area (Å²) in [7, 11) is 0. The van der Waals surface area contributed by atoms with Crippen LogP contribution in [0.5, 0.6) is 0 Å². The zero-order valence-electron chi connectivity index (χ0n) is 16.8. The van der Waals surface area contributed by atoms with Crippen LogP contribution in [-0.4, -0.2) is 41.9 Å². The Kier molecular flexibility index (Phi) is 7.04. The maximum absolute atomic E-state index is 12.6. The smallest absolute Gasteiger partial charge is 0.329 e. The molecule has 1 aromatic heterocycles. The van der Waals surface area contributed by atoms with E-state index in [1.807, 2.05) is 43.5 Å². The van der Waals surface area contributed by atoms with Crippen molar-refractivity contribution in [3.63, 3.8) is 0 Å². The minimum atomic E-state index is -0.633. The van der Waals surface area contributed by atoms with Gasteiger partial charge in [0, 0.05) is 12.2 Å². The van der Waals surface area contributed by atoms with Crippen molar-refractivity contribution < 1.29 is 19.1 Å². The van der Waals surface area contributed by atoms with Gasteiger partial charge < -0.3 is 15.0 Å². The fourth-order valence-corrected chi connectivity index (χ4v) is 4.29. The molecule has 2 aromatic rings. The lowest BCUT2D eigenvalue weighted by atomic mass is 10.0. The van der Waals surface area contributed by atoms with E-state index in [1.54, 1.807) is 11.0 Å². The van der Waals surface area contributed by atoms with Gasteiger partial charge in [-0.3, -0.25) is 9.59 Å². The molecule has 1 fully saturated rings. The topological polar surface area (TPSA) is 75.7 Å². The van der Waals surface area contributed by atoms with Crippen LogP contribution in [0.2, 0.25) is 0 Å². The summed E-state index contributed by atoms with van der Waals surface area (Å²) in [6, 6.07) is 8.86. The number of para-hydroxylation sites is 1. The summed E-state index contributed by atoms with van der Waals surface area (Å²) in [6.45, 7) is 4.22. The van der Waals surface area contributed by atoms with E-state index >= 15 is 0 Å². The van der Waals surface area contributed by atoms with Gasteiger partial charge in [0.05, 0.1) is 4.88 Å². The summed E-state index contributed by atoms with van der Waals surface area (Å²) in [5, 5.41) is 4.72. The molecule has 1 aromatic carbocycles. The zero-order chi connectivity index (χ0) is 20.8. The van der Waals surface area contributed by atoms with Gasteiger partial charge >= 0.3 is 5.97 Å². The third-order valence-electron chi connectivity index (χ3n) is 5.13. The second-order valence-electron chi connectivity index (χ2n) is 6.95. The van der Waals surface area contributed by atoms with Gasteiger partial charge in [-0.1, -0.05) is 38.1 Å². The van der Waals surface area contributed by atoms with Crippen molar-refractivity contribution in [2.45, 2.75) is 45.6 Å². The van der Waals surface area contributed by atoms with E-state index in [-0.39, 0.29) is 18.4 Å². The molecule has 1 aliphatic rings. The molecule has 0 saturated carbocycles. The zero-order valence-corrected chi connectivity index (χ0v) is 17.6. The Morgan fingerprint density at radius 2 is 1.86 bits per heavy atom. The van der Waals surface area contributed by atoms with E-state index in [2.05, 4.69) is 5.32 Å². The molecule has 6 nitrogen and oxygen atoms in total. The maximum atomic E-state index is 12.6. The fourth-order valence-electron chi connectivity index (χ4n) is 3.61. The van der Waals surface area contributed by atoms with E-state index in [0.29, 0.717) is 17.8 Å². The molecule has 0 bridgehead atoms. The van der Waals surface area contributed by atoms with Crippen LogP contribution in [0.4, 0.5) is 5.69 Å². The number of hydrogen-bond donors (Lipinski definition) is 1. The summed E-state index contributed by atoms with van der Waals surface area (Å²) in [6.07, 6.45) is 2.89. The number of anilines is 1. The Morgan fingerprint density at radius 3 is 2.48 bits per heavy atom. The highest BCUT2D eigenvalue weighted by Gasteiger charge is 2.36. The van der Waals surface area contributed by atoms with Crippen molar-refractivity contribution in [2.24, 2.45) is 0 Å². The van der Waals surface area contributed by atoms with Crippen molar-refractivity contribution in [2.75, 3.05) is 18.5 Å². The molecule has 0 spiro atoms. The number of benzene rings is 1. The van der Waals surface area contributed by atoms with E-state index < -0.39 is 12.0 Å². The van der Waals surface area contributed by atoms with Gasteiger partial charge in [0.15, 0.2) is 6.61 Å². The van der Waals surface area contributed by atoms with E-state index in [0.717, 1.165) is 36.1 Å². The molecule has 3 rings (SSSR count). The molecule has 1 N–H and O–H groups in total. The summed E-state index contributed by atoms with van der Waals surface area (Å²) >= 11 is 1.35. The van der Waals surface area contributed by atoms with Crippen LogP contribution in [0, 0.1) is 0 Å². The highest BCUT2D eigenvalue weighted by Crippen LogP contribution is 2.24. The third kappa shape index (κ3) is 4.85. The second kappa shape index (κ2) is 9.69. The molecule has 1 atom stereocenters. The molecule has 154 valence electrons. The van der Waals surface area contributed by atoms with Crippen molar-refractivity contribution in [3.8, 4) is 0 Å². The predicted molar refractivity (Wildman–Crippen MR) is 113 cm³/mol. The normalized spacial score (nSPS) is 15.9. The Morgan fingerprint density at radius 1 is 1.14 bits per heavy atom. The Labute approximate surface area is 174 Å². The van der Waals surface area contributed by atoms with Crippen LogP contribution >= 0.6 is 11.3 Å². The van der Waals surface area contributed by atoms with Gasteiger partial charge in [-0.25, -0.2) is 4.79 Å². The van der Waals surface area contributed by atoms with Crippen LogP contribution in [0.3, 0.4) is 0 Å². The molecular formula is C22H26N2O4S. The monoisotopic (exact) mass is 414 g/mol. The Hall–Kier alpha value is -2.67. The minimum absolute atomic E-state index is 0.159. The van der Waals surface area contributed by atoms with Crippen LogP contribution in [0.1, 0.15) is 47.5 Å². The standard InChI is InChI=1S/C22H26N2O4S/c1-3-15-8-5-9-16(4-2)20(15)23-19(25)14-28-22(27)17-10-6-12-24(17)21(26)18-11-7-13-29-18/h5,7-9,11,13,17H,3-4,6,10,12,14H2,1-2H3,(H,23,25). The molecule has 2 heterocycles. The Balaban J connectivity index is 1.59. The number of nitrogens with one attached hydrogen (secondary N) is 1. The summed E-state index contributed by atoms with van der Waals surface area (Å²) in [4.78, 5) is 39.7. The predicted octanol–water partition coefficient (Wildman–Crippen LogP) is 3.66. The first-order valence-electron chi connectivity index (χ1n) is 9.96. The number of thiophene rings is 1. The number of nitrogens with zero attached hydrogens (tertiary/aromatic N) is 1. The number of carbonyl (C=O) groups excluding carboxylic acids is 3. The van der Waals surface area contributed by atoms with E-state index in [9.17, 15) is 14.4 Å². The number of aryl methyl sites for hydroxylation is 2. The summed E-state index contributed by atoms with van der Waals surface area (Å²) in [5.41, 5.74) is 2.90. The Bertz CT molecular complexity index is 857. The van der Waals surface area contributed by atoms with Gasteiger partial charge in [0.25, 0.3) is 11.8 Å². The van der Waals surface area contributed by atoms with Crippen LogP contribution in [0.15, 0.2) is 35.7 Å². The first-order chi connectivity index (χ1) is 14.0. The number of esters is 1. The first-order valence-corrected chi connectivity index (χ1v) is 10.8. The van der Waals surface area contributed by atoms with Gasteiger partial charge in [-0.15, -0.1) is 11.3 Å². The molecule has 0 aliphatic carbocycles. The van der Waals surface area contributed by atoms with Crippen LogP contribution in [0.25, 0.3) is 0 Å². The number of likely N-dealkylation sites (tertiary alicyclic amines) is 1. The van der Waals surface area contributed by atoms with Crippen molar-refractivity contribution in [3.05, 3.63) is 51.7 Å². The number of ether oxygens (including phenoxy) is 1. The molecule has 1 unspecified atom stereocenters.